The van der Waals surface area contributed by atoms with Gasteiger partial charge in [0.2, 0.25) is 0 Å². The molecular formula is C26H31FO3. The maximum Gasteiger partial charge on any atom is 0.306 e. The lowest BCUT2D eigenvalue weighted by Gasteiger charge is -2.63. The molecular weight excluding hydrogens is 379 g/mol. The van der Waals surface area contributed by atoms with Crippen molar-refractivity contribution in [2.24, 2.45) is 57.7 Å². The van der Waals surface area contributed by atoms with Crippen LogP contribution in [0.1, 0.15) is 65.2 Å². The standard InChI is InChI=1S/C26H31FO3/c1-23-11-17(27)22-14(21(23)13-8-16(13)26(23)4-3-20(29)30-26)10-25(5-6-25)19-9-18(28)12-7-15(12)24(19,22)2/h9,12-17,21-22H,3-8,10-11H2,1-2H3/t12?,13?,14?,15-,16?,17?,21?,22?,23-,24-,26-/m0/s1. The quantitative estimate of drug-likeness (QED) is 0.546. The van der Waals surface area contributed by atoms with E-state index in [0.29, 0.717) is 48.2 Å². The van der Waals surface area contributed by atoms with Gasteiger partial charge in [0, 0.05) is 29.6 Å². The lowest BCUT2D eigenvalue weighted by atomic mass is 9.42. The first-order chi connectivity index (χ1) is 14.3. The van der Waals surface area contributed by atoms with Crippen molar-refractivity contribution in [2.45, 2.75) is 77.0 Å². The van der Waals surface area contributed by atoms with E-state index in [4.69, 9.17) is 4.74 Å². The van der Waals surface area contributed by atoms with Gasteiger partial charge < -0.3 is 4.74 Å². The number of esters is 1. The summed E-state index contributed by atoms with van der Waals surface area (Å²) in [5.41, 5.74) is 0.773. The van der Waals surface area contributed by atoms with Gasteiger partial charge in [-0.15, -0.1) is 0 Å². The van der Waals surface area contributed by atoms with Crippen LogP contribution in [-0.4, -0.2) is 23.5 Å². The van der Waals surface area contributed by atoms with Crippen molar-refractivity contribution in [3.05, 3.63) is 11.6 Å². The Labute approximate surface area is 177 Å². The summed E-state index contributed by atoms with van der Waals surface area (Å²) in [6.07, 6.45) is 8.55. The number of ketones is 1. The number of allylic oxidation sites excluding steroid dienone is 1. The van der Waals surface area contributed by atoms with Gasteiger partial charge in [-0.1, -0.05) is 19.4 Å². The Morgan fingerprint density at radius 3 is 2.50 bits per heavy atom. The summed E-state index contributed by atoms with van der Waals surface area (Å²) in [6.45, 7) is 4.62. The lowest BCUT2D eigenvalue weighted by Crippen LogP contribution is -2.62. The molecule has 0 aromatic carbocycles. The Balaban J connectivity index is 1.29. The molecule has 7 unspecified atom stereocenters. The van der Waals surface area contributed by atoms with Crippen LogP contribution < -0.4 is 0 Å². The van der Waals surface area contributed by atoms with Crippen molar-refractivity contribution < 1.29 is 18.7 Å². The number of hydrogen-bond donors (Lipinski definition) is 0. The molecule has 3 nitrogen and oxygen atoms in total. The van der Waals surface area contributed by atoms with Crippen molar-refractivity contribution in [2.75, 3.05) is 0 Å². The molecule has 4 heteroatoms. The minimum atomic E-state index is -0.858. The van der Waals surface area contributed by atoms with Crippen LogP contribution in [0, 0.1) is 57.7 Å². The molecule has 0 amide bonds. The maximum atomic E-state index is 16.4. The molecule has 0 bridgehead atoms. The molecule has 8 rings (SSSR count). The first kappa shape index (κ1) is 17.4. The number of alkyl halides is 1. The van der Waals surface area contributed by atoms with E-state index in [1.165, 1.54) is 24.8 Å². The molecule has 6 saturated carbocycles. The zero-order valence-corrected chi connectivity index (χ0v) is 18.0. The average molecular weight is 411 g/mol. The molecule has 1 saturated heterocycles. The van der Waals surface area contributed by atoms with Crippen LogP contribution in [0.5, 0.6) is 0 Å². The average Bonchev–Trinajstić information content (AvgIpc) is 3.56. The molecule has 160 valence electrons. The predicted molar refractivity (Wildman–Crippen MR) is 107 cm³/mol. The summed E-state index contributed by atoms with van der Waals surface area (Å²) in [5.74, 6) is 2.78. The fourth-order valence-electron chi connectivity index (χ4n) is 10.9. The number of carbonyl (C=O) groups is 2. The summed E-state index contributed by atoms with van der Waals surface area (Å²) in [5, 5.41) is 0. The summed E-state index contributed by atoms with van der Waals surface area (Å²) >= 11 is 0. The normalized spacial score (nSPS) is 62.7. The molecule has 7 fully saturated rings. The smallest absolute Gasteiger partial charge is 0.306 e. The van der Waals surface area contributed by atoms with Gasteiger partial charge in [-0.3, -0.25) is 9.59 Å². The number of ether oxygens (including phenoxy) is 1. The molecule has 0 aromatic rings. The second-order valence-corrected chi connectivity index (χ2v) is 12.9. The van der Waals surface area contributed by atoms with E-state index < -0.39 is 11.8 Å². The van der Waals surface area contributed by atoms with Gasteiger partial charge >= 0.3 is 5.97 Å². The molecule has 1 heterocycles. The molecule has 0 radical (unpaired) electrons. The third-order valence-electron chi connectivity index (χ3n) is 12.1. The maximum absolute atomic E-state index is 16.4. The topological polar surface area (TPSA) is 43.4 Å². The van der Waals surface area contributed by atoms with Crippen LogP contribution in [0.2, 0.25) is 0 Å². The van der Waals surface area contributed by atoms with E-state index >= 15 is 4.39 Å². The summed E-state index contributed by atoms with van der Waals surface area (Å²) in [6, 6.07) is 0. The Bertz CT molecular complexity index is 965. The van der Waals surface area contributed by atoms with E-state index in [2.05, 4.69) is 13.8 Å². The van der Waals surface area contributed by atoms with Gasteiger partial charge in [0.25, 0.3) is 0 Å². The summed E-state index contributed by atoms with van der Waals surface area (Å²) in [4.78, 5) is 24.9. The highest BCUT2D eigenvalue weighted by molar-refractivity contribution is 5.96. The highest BCUT2D eigenvalue weighted by atomic mass is 19.1. The van der Waals surface area contributed by atoms with Gasteiger partial charge in [0.05, 0.1) is 0 Å². The number of rotatable bonds is 0. The van der Waals surface area contributed by atoms with Crippen molar-refractivity contribution in [3.8, 4) is 0 Å². The highest BCUT2D eigenvalue weighted by Gasteiger charge is 2.82. The first-order valence-corrected chi connectivity index (χ1v) is 12.4. The fourth-order valence-corrected chi connectivity index (χ4v) is 10.9. The minimum absolute atomic E-state index is 0.0460. The molecule has 1 aliphatic heterocycles. The van der Waals surface area contributed by atoms with E-state index in [1.807, 2.05) is 6.08 Å². The Morgan fingerprint density at radius 2 is 1.80 bits per heavy atom. The van der Waals surface area contributed by atoms with Gasteiger partial charge in [-0.25, -0.2) is 4.39 Å². The Morgan fingerprint density at radius 1 is 1.00 bits per heavy atom. The SMILES string of the molecule is C[C@@]12C(=CC(=O)C3C[C@@H]31)C1(CC1)CC1C2C(F)C[C@@]2(C)C1C1CC1[C@@]21CCC(=O)O1. The Kier molecular flexibility index (Phi) is 2.67. The molecule has 7 aliphatic carbocycles. The molecule has 0 N–H and O–H groups in total. The fraction of sp³-hybridized carbons (Fsp3) is 0.846. The zero-order valence-electron chi connectivity index (χ0n) is 18.0. The van der Waals surface area contributed by atoms with E-state index in [0.717, 1.165) is 19.3 Å². The van der Waals surface area contributed by atoms with Crippen LogP contribution in [0.15, 0.2) is 11.6 Å². The molecule has 30 heavy (non-hydrogen) atoms. The van der Waals surface area contributed by atoms with Gasteiger partial charge in [0.15, 0.2) is 5.78 Å². The monoisotopic (exact) mass is 410 g/mol. The number of halogens is 1. The van der Waals surface area contributed by atoms with Crippen LogP contribution in [-0.2, 0) is 14.3 Å². The van der Waals surface area contributed by atoms with E-state index in [9.17, 15) is 9.59 Å². The molecule has 2 spiro atoms. The Hall–Kier alpha value is -1.19. The van der Waals surface area contributed by atoms with Gasteiger partial charge in [-0.05, 0) is 85.5 Å². The van der Waals surface area contributed by atoms with Gasteiger partial charge in [0.1, 0.15) is 11.8 Å². The van der Waals surface area contributed by atoms with E-state index in [-0.39, 0.29) is 34.1 Å². The van der Waals surface area contributed by atoms with Crippen molar-refractivity contribution in [1.82, 2.24) is 0 Å². The van der Waals surface area contributed by atoms with Crippen molar-refractivity contribution in [1.29, 1.82) is 0 Å². The summed E-state index contributed by atoms with van der Waals surface area (Å²) < 4.78 is 22.5. The van der Waals surface area contributed by atoms with Crippen molar-refractivity contribution >= 4 is 11.8 Å². The highest BCUT2D eigenvalue weighted by Crippen LogP contribution is 2.83. The molecule has 11 atom stereocenters. The third kappa shape index (κ3) is 1.60. The zero-order chi connectivity index (χ0) is 20.4. The predicted octanol–water partition coefficient (Wildman–Crippen LogP) is 4.64. The second-order valence-electron chi connectivity index (χ2n) is 12.9. The number of hydrogen-bond acceptors (Lipinski definition) is 3. The van der Waals surface area contributed by atoms with E-state index in [1.54, 1.807) is 0 Å². The van der Waals surface area contributed by atoms with Crippen LogP contribution in [0.4, 0.5) is 4.39 Å². The lowest BCUT2D eigenvalue weighted by molar-refractivity contribution is -0.191. The number of fused-ring (bicyclic) bond motifs is 12. The molecule has 8 aliphatic rings. The van der Waals surface area contributed by atoms with Crippen LogP contribution in [0.25, 0.3) is 0 Å². The van der Waals surface area contributed by atoms with Crippen LogP contribution in [0.3, 0.4) is 0 Å². The minimum Gasteiger partial charge on any atom is -0.458 e. The largest absolute Gasteiger partial charge is 0.458 e. The second kappa shape index (κ2) is 4.62. The summed E-state index contributed by atoms with van der Waals surface area (Å²) in [7, 11) is 0. The first-order valence-electron chi connectivity index (χ1n) is 12.4. The number of carbonyl (C=O) groups excluding carboxylic acids is 2. The van der Waals surface area contributed by atoms with Crippen LogP contribution >= 0.6 is 0 Å². The third-order valence-corrected chi connectivity index (χ3v) is 12.1. The molecule has 0 aromatic heterocycles. The van der Waals surface area contributed by atoms with Crippen molar-refractivity contribution in [3.63, 3.8) is 0 Å². The van der Waals surface area contributed by atoms with Gasteiger partial charge in [-0.2, -0.15) is 0 Å².